The first-order chi connectivity index (χ1) is 11.5. The Bertz CT molecular complexity index is 684. The van der Waals surface area contributed by atoms with Gasteiger partial charge in [0, 0.05) is 12.1 Å². The van der Waals surface area contributed by atoms with Gasteiger partial charge in [0.1, 0.15) is 5.75 Å². The van der Waals surface area contributed by atoms with Crippen molar-refractivity contribution in [3.63, 3.8) is 0 Å². The highest BCUT2D eigenvalue weighted by molar-refractivity contribution is 5.85. The minimum Gasteiger partial charge on any atom is -0.434 e. The normalized spacial score (nSPS) is 11.6. The number of carbonyl (C=O) groups excluding carboxylic acids is 1. The lowest BCUT2D eigenvalue weighted by molar-refractivity contribution is -0.122. The molecule has 0 saturated heterocycles. The summed E-state index contributed by atoms with van der Waals surface area (Å²) < 4.78 is 29.4. The van der Waals surface area contributed by atoms with Crippen molar-refractivity contribution in [2.24, 2.45) is 5.73 Å². The smallest absolute Gasteiger partial charge is 0.387 e. The zero-order chi connectivity index (χ0) is 17.5. The molecule has 1 amide bonds. The molecule has 0 aliphatic rings. The molecule has 0 unspecified atom stereocenters. The number of alkyl halides is 2. The van der Waals surface area contributed by atoms with Crippen LogP contribution in [0.2, 0.25) is 0 Å². The average Bonchev–Trinajstić information content (AvgIpc) is 2.55. The molecule has 0 aliphatic carbocycles. The van der Waals surface area contributed by atoms with Crippen LogP contribution in [0.3, 0.4) is 0 Å². The summed E-state index contributed by atoms with van der Waals surface area (Å²) in [7, 11) is 0. The topological polar surface area (TPSA) is 64.3 Å². The van der Waals surface area contributed by atoms with Crippen LogP contribution in [0, 0.1) is 6.92 Å². The number of ether oxygens (including phenoxy) is 1. The Hall–Kier alpha value is -2.18. The number of rotatable bonds is 7. The molecule has 0 bridgehead atoms. The number of benzene rings is 2. The Labute approximate surface area is 151 Å². The highest BCUT2D eigenvalue weighted by Gasteiger charge is 2.15. The number of carbonyl (C=O) groups is 1. The first kappa shape index (κ1) is 20.9. The van der Waals surface area contributed by atoms with Gasteiger partial charge in [0.2, 0.25) is 5.91 Å². The van der Waals surface area contributed by atoms with Crippen LogP contribution in [-0.2, 0) is 17.8 Å². The standard InChI is InChI=1S/C18H20F2N2O2.ClH/c1-12-7-8-16(24-18(19)20)14(9-12)11-22-17(23)15(21)10-13-5-3-2-4-6-13;/h2-9,15,18H,10-11,21H2,1H3,(H,22,23);1H/t15-;/m0./s1. The van der Waals surface area contributed by atoms with Gasteiger partial charge in [-0.05, 0) is 25.0 Å². The van der Waals surface area contributed by atoms with E-state index in [1.165, 1.54) is 6.07 Å². The van der Waals surface area contributed by atoms with Crippen molar-refractivity contribution in [1.82, 2.24) is 5.32 Å². The van der Waals surface area contributed by atoms with E-state index in [0.29, 0.717) is 12.0 Å². The van der Waals surface area contributed by atoms with E-state index in [0.717, 1.165) is 11.1 Å². The van der Waals surface area contributed by atoms with Gasteiger partial charge in [-0.3, -0.25) is 4.79 Å². The van der Waals surface area contributed by atoms with Crippen molar-refractivity contribution in [2.45, 2.75) is 32.5 Å². The van der Waals surface area contributed by atoms with Crippen molar-refractivity contribution >= 4 is 18.3 Å². The van der Waals surface area contributed by atoms with E-state index in [1.807, 2.05) is 37.3 Å². The van der Waals surface area contributed by atoms with Gasteiger partial charge in [-0.2, -0.15) is 8.78 Å². The molecular formula is C18H21ClF2N2O2. The molecular weight excluding hydrogens is 350 g/mol. The molecule has 7 heteroatoms. The molecule has 0 radical (unpaired) electrons. The van der Waals surface area contributed by atoms with Gasteiger partial charge in [0.05, 0.1) is 6.04 Å². The molecule has 2 aromatic rings. The summed E-state index contributed by atoms with van der Waals surface area (Å²) in [6.07, 6.45) is 0.404. The molecule has 3 N–H and O–H groups in total. The van der Waals surface area contributed by atoms with Crippen LogP contribution in [-0.4, -0.2) is 18.6 Å². The molecule has 25 heavy (non-hydrogen) atoms. The first-order valence-corrected chi connectivity index (χ1v) is 7.57. The number of nitrogens with one attached hydrogen (secondary N) is 1. The molecule has 4 nitrogen and oxygen atoms in total. The van der Waals surface area contributed by atoms with Crippen LogP contribution in [0.4, 0.5) is 8.78 Å². The van der Waals surface area contributed by atoms with Crippen molar-refractivity contribution in [3.05, 3.63) is 65.2 Å². The zero-order valence-corrected chi connectivity index (χ0v) is 14.6. The summed E-state index contributed by atoms with van der Waals surface area (Å²) in [5.74, 6) is -0.295. The summed E-state index contributed by atoms with van der Waals surface area (Å²) in [6.45, 7) is -1.01. The molecule has 0 heterocycles. The van der Waals surface area contributed by atoms with Gasteiger partial charge >= 0.3 is 6.61 Å². The Kier molecular flexibility index (Phi) is 8.31. The predicted octanol–water partition coefficient (Wildman–Crippen LogP) is 3.20. The van der Waals surface area contributed by atoms with Gasteiger partial charge in [0.25, 0.3) is 0 Å². The lowest BCUT2D eigenvalue weighted by atomic mass is 10.1. The van der Waals surface area contributed by atoms with Gasteiger partial charge < -0.3 is 15.8 Å². The van der Waals surface area contributed by atoms with Crippen molar-refractivity contribution in [1.29, 1.82) is 0 Å². The minimum absolute atomic E-state index is 0. The van der Waals surface area contributed by atoms with Gasteiger partial charge in [-0.15, -0.1) is 12.4 Å². The Morgan fingerprint density at radius 3 is 2.52 bits per heavy atom. The van der Waals surface area contributed by atoms with Crippen molar-refractivity contribution < 1.29 is 18.3 Å². The third kappa shape index (κ3) is 6.68. The zero-order valence-electron chi connectivity index (χ0n) is 13.7. The fourth-order valence-corrected chi connectivity index (χ4v) is 2.33. The van der Waals surface area contributed by atoms with E-state index in [-0.39, 0.29) is 30.6 Å². The highest BCUT2D eigenvalue weighted by atomic mass is 35.5. The van der Waals surface area contributed by atoms with Gasteiger partial charge in [-0.1, -0.05) is 48.0 Å². The van der Waals surface area contributed by atoms with E-state index in [2.05, 4.69) is 10.1 Å². The summed E-state index contributed by atoms with van der Waals surface area (Å²) in [5, 5.41) is 2.67. The third-order valence-corrected chi connectivity index (χ3v) is 3.52. The highest BCUT2D eigenvalue weighted by Crippen LogP contribution is 2.22. The lowest BCUT2D eigenvalue weighted by Crippen LogP contribution is -2.41. The second-order valence-corrected chi connectivity index (χ2v) is 5.50. The number of aryl methyl sites for hydroxylation is 1. The summed E-state index contributed by atoms with van der Waals surface area (Å²) in [6, 6.07) is 13.5. The maximum absolute atomic E-state index is 12.4. The first-order valence-electron chi connectivity index (χ1n) is 7.57. The molecule has 2 rings (SSSR count). The van der Waals surface area contributed by atoms with Crippen LogP contribution in [0.25, 0.3) is 0 Å². The quantitative estimate of drug-likeness (QED) is 0.786. The summed E-state index contributed by atoms with van der Waals surface area (Å²) in [5.41, 5.74) is 8.22. The van der Waals surface area contributed by atoms with Gasteiger partial charge in [0.15, 0.2) is 0 Å². The molecule has 0 fully saturated rings. The molecule has 0 aromatic heterocycles. The lowest BCUT2D eigenvalue weighted by Gasteiger charge is -2.15. The largest absolute Gasteiger partial charge is 0.434 e. The SMILES string of the molecule is Cc1ccc(OC(F)F)c(CNC(=O)[C@@H](N)Cc2ccccc2)c1.Cl. The Morgan fingerprint density at radius 1 is 1.20 bits per heavy atom. The fraction of sp³-hybridized carbons (Fsp3) is 0.278. The molecule has 136 valence electrons. The minimum atomic E-state index is -2.91. The van der Waals surface area contributed by atoms with Crippen molar-refractivity contribution in [2.75, 3.05) is 0 Å². The van der Waals surface area contributed by atoms with Crippen LogP contribution in [0.15, 0.2) is 48.5 Å². The molecule has 0 aliphatic heterocycles. The molecule has 2 aromatic carbocycles. The van der Waals surface area contributed by atoms with Crippen LogP contribution in [0.5, 0.6) is 5.75 Å². The second-order valence-electron chi connectivity index (χ2n) is 5.50. The second kappa shape index (κ2) is 9.96. The fourth-order valence-electron chi connectivity index (χ4n) is 2.33. The number of hydrogen-bond acceptors (Lipinski definition) is 3. The number of halogens is 3. The van der Waals surface area contributed by atoms with E-state index in [1.54, 1.807) is 12.1 Å². The maximum Gasteiger partial charge on any atom is 0.387 e. The van der Waals surface area contributed by atoms with E-state index in [4.69, 9.17) is 5.73 Å². The average molecular weight is 371 g/mol. The van der Waals surface area contributed by atoms with Crippen LogP contribution >= 0.6 is 12.4 Å². The van der Waals surface area contributed by atoms with E-state index >= 15 is 0 Å². The monoisotopic (exact) mass is 370 g/mol. The molecule has 1 atom stereocenters. The Morgan fingerprint density at radius 2 is 1.88 bits per heavy atom. The molecule has 0 saturated carbocycles. The van der Waals surface area contributed by atoms with E-state index < -0.39 is 12.7 Å². The number of amides is 1. The summed E-state index contributed by atoms with van der Waals surface area (Å²) in [4.78, 5) is 12.1. The van der Waals surface area contributed by atoms with Crippen molar-refractivity contribution in [3.8, 4) is 5.75 Å². The number of hydrogen-bond donors (Lipinski definition) is 2. The summed E-state index contributed by atoms with van der Waals surface area (Å²) >= 11 is 0. The van der Waals surface area contributed by atoms with E-state index in [9.17, 15) is 13.6 Å². The van der Waals surface area contributed by atoms with Crippen LogP contribution in [0.1, 0.15) is 16.7 Å². The molecule has 0 spiro atoms. The van der Waals surface area contributed by atoms with Gasteiger partial charge in [-0.25, -0.2) is 0 Å². The van der Waals surface area contributed by atoms with Crippen LogP contribution < -0.4 is 15.8 Å². The predicted molar refractivity (Wildman–Crippen MR) is 95.0 cm³/mol. The number of nitrogens with two attached hydrogens (primary N) is 1. The third-order valence-electron chi connectivity index (χ3n) is 3.52. The maximum atomic E-state index is 12.4. The Balaban J connectivity index is 0.00000312.